The molecule has 1 atom stereocenters. The molecule has 0 saturated carbocycles. The number of fused-ring (bicyclic) bond motifs is 1. The molecule has 10 nitrogen and oxygen atoms in total. The zero-order valence-electron chi connectivity index (χ0n) is 16.7. The highest BCUT2D eigenvalue weighted by molar-refractivity contribution is 5.91. The summed E-state index contributed by atoms with van der Waals surface area (Å²) in [5.74, 6) is 1.01. The molecule has 2 aliphatic rings. The Labute approximate surface area is 173 Å². The molecule has 4 rings (SSSR count). The number of nitro groups is 1. The highest BCUT2D eigenvalue weighted by Gasteiger charge is 2.29. The van der Waals surface area contributed by atoms with Crippen molar-refractivity contribution in [1.82, 2.24) is 15.1 Å². The first-order valence-corrected chi connectivity index (χ1v) is 9.84. The van der Waals surface area contributed by atoms with Gasteiger partial charge in [-0.15, -0.1) is 0 Å². The molecule has 160 valence electrons. The highest BCUT2D eigenvalue weighted by Crippen LogP contribution is 2.39. The van der Waals surface area contributed by atoms with Crippen LogP contribution in [0.25, 0.3) is 0 Å². The first-order valence-electron chi connectivity index (χ1n) is 9.84. The molecule has 1 saturated heterocycles. The zero-order valence-corrected chi connectivity index (χ0v) is 16.7. The number of nitrogens with one attached hydrogen (secondary N) is 1. The van der Waals surface area contributed by atoms with Crippen LogP contribution in [-0.4, -0.2) is 73.1 Å². The molecule has 1 aromatic carbocycles. The fraction of sp³-hybridized carbons (Fsp3) is 0.450. The minimum Gasteiger partial charge on any atom is -0.485 e. The summed E-state index contributed by atoms with van der Waals surface area (Å²) in [7, 11) is 2.10. The van der Waals surface area contributed by atoms with Gasteiger partial charge >= 0.3 is 5.69 Å². The Bertz CT molecular complexity index is 922. The Morgan fingerprint density at radius 1 is 1.23 bits per heavy atom. The van der Waals surface area contributed by atoms with E-state index in [9.17, 15) is 14.9 Å². The Hall–Kier alpha value is -3.11. The standard InChI is InChI=1S/C20H24N4O6/c1-22-7-9-23(10-8-22)12-14-5-6-18(29-14)20(25)21-11-15-13-28-17-4-2-3-16(24(26)27)19(17)30-15/h2-6,15H,7-13H2,1H3,(H,21,25). The van der Waals surface area contributed by atoms with E-state index in [1.165, 1.54) is 6.07 Å². The Kier molecular flexibility index (Phi) is 5.86. The molecule has 1 aromatic heterocycles. The molecule has 3 heterocycles. The Balaban J connectivity index is 1.30. The molecule has 0 bridgehead atoms. The molecule has 1 N–H and O–H groups in total. The van der Waals surface area contributed by atoms with Gasteiger partial charge in [0, 0.05) is 32.2 Å². The fourth-order valence-electron chi connectivity index (χ4n) is 3.47. The van der Waals surface area contributed by atoms with Gasteiger partial charge in [-0.1, -0.05) is 6.07 Å². The smallest absolute Gasteiger partial charge is 0.314 e. The van der Waals surface area contributed by atoms with Crippen LogP contribution in [0.1, 0.15) is 16.3 Å². The van der Waals surface area contributed by atoms with E-state index in [1.54, 1.807) is 18.2 Å². The summed E-state index contributed by atoms with van der Waals surface area (Å²) < 4.78 is 16.9. The van der Waals surface area contributed by atoms with Crippen molar-refractivity contribution >= 4 is 11.6 Å². The average Bonchev–Trinajstić information content (AvgIpc) is 3.21. The van der Waals surface area contributed by atoms with Crippen molar-refractivity contribution in [3.8, 4) is 11.5 Å². The normalized spacial score (nSPS) is 19.4. The van der Waals surface area contributed by atoms with Gasteiger partial charge in [0.15, 0.2) is 17.6 Å². The number of para-hydroxylation sites is 1. The molecule has 0 radical (unpaired) electrons. The van der Waals surface area contributed by atoms with Crippen molar-refractivity contribution in [3.63, 3.8) is 0 Å². The van der Waals surface area contributed by atoms with Crippen LogP contribution >= 0.6 is 0 Å². The second kappa shape index (κ2) is 8.72. The average molecular weight is 416 g/mol. The first kappa shape index (κ1) is 20.2. The van der Waals surface area contributed by atoms with Gasteiger partial charge in [0.1, 0.15) is 12.4 Å². The number of carbonyl (C=O) groups excluding carboxylic acids is 1. The van der Waals surface area contributed by atoms with Crippen LogP contribution < -0.4 is 14.8 Å². The summed E-state index contributed by atoms with van der Waals surface area (Å²) in [5, 5.41) is 13.9. The van der Waals surface area contributed by atoms with Gasteiger partial charge in [-0.3, -0.25) is 19.8 Å². The van der Waals surface area contributed by atoms with E-state index >= 15 is 0 Å². The third kappa shape index (κ3) is 4.55. The molecule has 30 heavy (non-hydrogen) atoms. The van der Waals surface area contributed by atoms with Crippen LogP contribution in [0.15, 0.2) is 34.7 Å². The van der Waals surface area contributed by atoms with Crippen molar-refractivity contribution in [2.75, 3.05) is 46.4 Å². The summed E-state index contributed by atoms with van der Waals surface area (Å²) in [6, 6.07) is 7.97. The summed E-state index contributed by atoms with van der Waals surface area (Å²) in [6.45, 7) is 4.94. The monoisotopic (exact) mass is 416 g/mol. The van der Waals surface area contributed by atoms with E-state index in [1.807, 2.05) is 6.07 Å². The predicted molar refractivity (Wildman–Crippen MR) is 107 cm³/mol. The molecule has 2 aromatic rings. The molecular formula is C20H24N4O6. The quantitative estimate of drug-likeness (QED) is 0.557. The number of hydrogen-bond acceptors (Lipinski definition) is 8. The number of hydrogen-bond donors (Lipinski definition) is 1. The van der Waals surface area contributed by atoms with Crippen LogP contribution in [0.5, 0.6) is 11.5 Å². The van der Waals surface area contributed by atoms with Crippen molar-refractivity contribution < 1.29 is 23.6 Å². The third-order valence-corrected chi connectivity index (χ3v) is 5.22. The molecule has 0 spiro atoms. The maximum Gasteiger partial charge on any atom is 0.314 e. The fourth-order valence-corrected chi connectivity index (χ4v) is 3.47. The number of benzene rings is 1. The van der Waals surface area contributed by atoms with E-state index in [2.05, 4.69) is 22.2 Å². The topological polar surface area (TPSA) is 110 Å². The van der Waals surface area contributed by atoms with E-state index in [4.69, 9.17) is 13.9 Å². The summed E-state index contributed by atoms with van der Waals surface area (Å²) in [5.41, 5.74) is -0.164. The SMILES string of the molecule is CN1CCN(Cc2ccc(C(=O)NCC3COc4cccc([N+](=O)[O-])c4O3)o2)CC1. The van der Waals surface area contributed by atoms with Crippen molar-refractivity contribution in [3.05, 3.63) is 52.0 Å². The second-order valence-electron chi connectivity index (χ2n) is 7.47. The van der Waals surface area contributed by atoms with Crippen LogP contribution in [0.4, 0.5) is 5.69 Å². The van der Waals surface area contributed by atoms with E-state index in [0.717, 1.165) is 31.9 Å². The second-order valence-corrected chi connectivity index (χ2v) is 7.47. The largest absolute Gasteiger partial charge is 0.485 e. The number of ether oxygens (including phenoxy) is 2. The molecule has 1 unspecified atom stereocenters. The van der Waals surface area contributed by atoms with Gasteiger partial charge < -0.3 is 24.1 Å². The first-order chi connectivity index (χ1) is 14.5. The van der Waals surface area contributed by atoms with Crippen molar-refractivity contribution in [2.24, 2.45) is 0 Å². The lowest BCUT2D eigenvalue weighted by molar-refractivity contribution is -0.386. The van der Waals surface area contributed by atoms with Crippen LogP contribution in [0, 0.1) is 10.1 Å². The van der Waals surface area contributed by atoms with Gasteiger partial charge in [-0.05, 0) is 25.2 Å². The highest BCUT2D eigenvalue weighted by atomic mass is 16.6. The van der Waals surface area contributed by atoms with Crippen LogP contribution in [-0.2, 0) is 6.54 Å². The lowest BCUT2D eigenvalue weighted by Crippen LogP contribution is -2.43. The zero-order chi connectivity index (χ0) is 21.1. The maximum absolute atomic E-state index is 12.4. The van der Waals surface area contributed by atoms with E-state index in [0.29, 0.717) is 12.3 Å². The molecular weight excluding hydrogens is 392 g/mol. The van der Waals surface area contributed by atoms with Crippen LogP contribution in [0.2, 0.25) is 0 Å². The summed E-state index contributed by atoms with van der Waals surface area (Å²) in [6.07, 6.45) is -0.540. The van der Waals surface area contributed by atoms with Gasteiger partial charge in [0.2, 0.25) is 5.75 Å². The minimum atomic E-state index is -0.540. The van der Waals surface area contributed by atoms with Gasteiger partial charge in [-0.2, -0.15) is 0 Å². The van der Waals surface area contributed by atoms with Gasteiger partial charge in [0.05, 0.1) is 18.0 Å². The van der Waals surface area contributed by atoms with E-state index < -0.39 is 11.0 Å². The lowest BCUT2D eigenvalue weighted by Gasteiger charge is -2.31. The number of amides is 1. The van der Waals surface area contributed by atoms with Crippen LogP contribution in [0.3, 0.4) is 0 Å². The maximum atomic E-state index is 12.4. The number of piperazine rings is 1. The number of carbonyl (C=O) groups is 1. The predicted octanol–water partition coefficient (Wildman–Crippen LogP) is 1.50. The number of rotatable bonds is 6. The van der Waals surface area contributed by atoms with Gasteiger partial charge in [0.25, 0.3) is 5.91 Å². The van der Waals surface area contributed by atoms with Gasteiger partial charge in [-0.25, -0.2) is 0 Å². The minimum absolute atomic E-state index is 0.0838. The van der Waals surface area contributed by atoms with Crippen molar-refractivity contribution in [2.45, 2.75) is 12.6 Å². The lowest BCUT2D eigenvalue weighted by atomic mass is 10.2. The van der Waals surface area contributed by atoms with Crippen molar-refractivity contribution in [1.29, 1.82) is 0 Å². The third-order valence-electron chi connectivity index (χ3n) is 5.22. The number of furan rings is 1. The molecule has 1 amide bonds. The number of nitro benzene ring substituents is 1. The molecule has 1 fully saturated rings. The number of nitrogens with zero attached hydrogens (tertiary/aromatic N) is 3. The summed E-state index contributed by atoms with van der Waals surface area (Å²) in [4.78, 5) is 27.6. The molecule has 10 heteroatoms. The Morgan fingerprint density at radius 2 is 2.03 bits per heavy atom. The number of likely N-dealkylation sites (N-methyl/N-ethyl adjacent to an activating group) is 1. The molecule has 0 aliphatic carbocycles. The summed E-state index contributed by atoms with van der Waals surface area (Å²) >= 11 is 0. The molecule has 2 aliphatic heterocycles. The van der Waals surface area contributed by atoms with E-state index in [-0.39, 0.29) is 36.3 Å². The Morgan fingerprint density at radius 3 is 2.80 bits per heavy atom.